The van der Waals surface area contributed by atoms with Crippen molar-refractivity contribution < 1.29 is 0 Å². The van der Waals surface area contributed by atoms with Gasteiger partial charge in [-0.25, -0.2) is 0 Å². The monoisotopic (exact) mass is 188 g/mol. The molecule has 0 saturated carbocycles. The van der Waals surface area contributed by atoms with E-state index in [-0.39, 0.29) is 0 Å². The first kappa shape index (κ1) is 9.72. The third-order valence-corrected chi connectivity index (χ3v) is 2.38. The van der Waals surface area contributed by atoms with Gasteiger partial charge in [0.2, 0.25) is 0 Å². The average Bonchev–Trinajstić information content (AvgIpc) is 2.11. The Labute approximate surface area is 80.0 Å². The van der Waals surface area contributed by atoms with Crippen molar-refractivity contribution in [3.05, 3.63) is 29.3 Å². The highest BCUT2D eigenvalue weighted by molar-refractivity contribution is 7.27. The molecular weight excluding hydrogens is 179 g/mol. The van der Waals surface area contributed by atoms with Crippen molar-refractivity contribution >= 4 is 14.5 Å². The number of benzene rings is 1. The predicted molar refractivity (Wildman–Crippen MR) is 54.4 cm³/mol. The van der Waals surface area contributed by atoms with Gasteiger partial charge in [0, 0.05) is 0 Å². The lowest BCUT2D eigenvalue weighted by atomic mass is 10.0. The summed E-state index contributed by atoms with van der Waals surface area (Å²) < 4.78 is 0. The Balaban J connectivity index is 3.12. The van der Waals surface area contributed by atoms with Gasteiger partial charge in [0.05, 0.1) is 25.0 Å². The number of rotatable bonds is 2. The van der Waals surface area contributed by atoms with Gasteiger partial charge in [0.25, 0.3) is 0 Å². The van der Waals surface area contributed by atoms with Crippen molar-refractivity contribution in [1.29, 1.82) is 10.5 Å². The lowest BCUT2D eigenvalue weighted by Gasteiger charge is -2.05. The highest BCUT2D eigenvalue weighted by atomic mass is 31.0. The maximum atomic E-state index is 8.59. The molecule has 0 amide bonds. The van der Waals surface area contributed by atoms with Crippen LogP contribution in [0.3, 0.4) is 0 Å². The molecule has 3 heteroatoms. The lowest BCUT2D eigenvalue weighted by Crippen LogP contribution is -2.05. The molecule has 0 aliphatic heterocycles. The molecule has 64 valence electrons. The van der Waals surface area contributed by atoms with Crippen LogP contribution in [0.15, 0.2) is 18.2 Å². The molecule has 1 unspecified atom stereocenters. The van der Waals surface area contributed by atoms with E-state index < -0.39 is 0 Å². The summed E-state index contributed by atoms with van der Waals surface area (Å²) in [6, 6.07) is 9.91. The fourth-order valence-electron chi connectivity index (χ4n) is 1.20. The Kier molecular flexibility index (Phi) is 3.44. The Hall–Kier alpha value is -1.37. The Morgan fingerprint density at radius 1 is 1.15 bits per heavy atom. The van der Waals surface area contributed by atoms with E-state index in [1.165, 1.54) is 0 Å². The normalized spacial score (nSPS) is 8.85. The van der Waals surface area contributed by atoms with Crippen molar-refractivity contribution in [2.45, 2.75) is 12.8 Å². The first-order valence-electron chi connectivity index (χ1n) is 3.89. The van der Waals surface area contributed by atoms with E-state index in [4.69, 9.17) is 10.5 Å². The Morgan fingerprint density at radius 2 is 1.85 bits per heavy atom. The molecule has 0 aromatic heterocycles. The Morgan fingerprint density at radius 3 is 2.46 bits per heavy atom. The molecule has 1 rings (SSSR count). The van der Waals surface area contributed by atoms with Gasteiger partial charge >= 0.3 is 0 Å². The molecule has 0 aliphatic carbocycles. The van der Waals surface area contributed by atoms with E-state index >= 15 is 0 Å². The third-order valence-electron chi connectivity index (χ3n) is 1.83. The predicted octanol–water partition coefficient (Wildman–Crippen LogP) is 1.32. The molecule has 1 aromatic rings. The lowest BCUT2D eigenvalue weighted by molar-refractivity contribution is 1.17. The summed E-state index contributed by atoms with van der Waals surface area (Å²) in [6.45, 7) is 0. The molecule has 0 N–H and O–H groups in total. The van der Waals surface area contributed by atoms with E-state index in [1.54, 1.807) is 0 Å². The number of hydrogen-bond donors (Lipinski definition) is 0. The zero-order valence-corrected chi connectivity index (χ0v) is 8.27. The summed E-state index contributed by atoms with van der Waals surface area (Å²) in [7, 11) is 2.58. The molecular formula is C10H9N2P. The van der Waals surface area contributed by atoms with Gasteiger partial charge in [-0.05, 0) is 16.4 Å². The largest absolute Gasteiger partial charge is 0.198 e. The van der Waals surface area contributed by atoms with Gasteiger partial charge < -0.3 is 0 Å². The second-order valence-corrected chi connectivity index (χ2v) is 3.28. The van der Waals surface area contributed by atoms with Crippen LogP contribution in [0.1, 0.15) is 11.1 Å². The van der Waals surface area contributed by atoms with E-state index in [0.717, 1.165) is 16.4 Å². The first-order chi connectivity index (χ1) is 6.29. The quantitative estimate of drug-likeness (QED) is 0.657. The summed E-state index contributed by atoms with van der Waals surface area (Å²) in [5, 5.41) is 18.2. The molecule has 0 aliphatic rings. The van der Waals surface area contributed by atoms with Crippen molar-refractivity contribution in [3.8, 4) is 12.1 Å². The van der Waals surface area contributed by atoms with E-state index in [1.807, 2.05) is 18.2 Å². The second-order valence-electron chi connectivity index (χ2n) is 2.65. The minimum Gasteiger partial charge on any atom is -0.198 e. The molecule has 0 fully saturated rings. The number of nitrogens with zero attached hydrogens (tertiary/aromatic N) is 2. The molecule has 1 aromatic carbocycles. The molecule has 0 saturated heterocycles. The summed E-state index contributed by atoms with van der Waals surface area (Å²) in [5.74, 6) is 0. The highest BCUT2D eigenvalue weighted by Crippen LogP contribution is 2.10. The van der Waals surface area contributed by atoms with Gasteiger partial charge in [-0.3, -0.25) is 0 Å². The maximum absolute atomic E-state index is 8.59. The number of hydrogen-bond acceptors (Lipinski definition) is 2. The first-order valence-corrected chi connectivity index (χ1v) is 4.47. The van der Waals surface area contributed by atoms with Crippen molar-refractivity contribution in [3.63, 3.8) is 0 Å². The van der Waals surface area contributed by atoms with Crippen LogP contribution < -0.4 is 5.30 Å². The van der Waals surface area contributed by atoms with Gasteiger partial charge in [-0.15, -0.1) is 9.24 Å². The average molecular weight is 188 g/mol. The van der Waals surface area contributed by atoms with Crippen molar-refractivity contribution in [2.24, 2.45) is 0 Å². The summed E-state index contributed by atoms with van der Waals surface area (Å²) in [4.78, 5) is 0. The van der Waals surface area contributed by atoms with Crippen LogP contribution in [0.25, 0.3) is 0 Å². The van der Waals surface area contributed by atoms with Crippen LogP contribution in [-0.2, 0) is 12.8 Å². The van der Waals surface area contributed by atoms with Gasteiger partial charge in [0.15, 0.2) is 0 Å². The minimum atomic E-state index is 0.372. The van der Waals surface area contributed by atoms with Crippen LogP contribution in [0.2, 0.25) is 0 Å². The van der Waals surface area contributed by atoms with E-state index in [2.05, 4.69) is 21.4 Å². The highest BCUT2D eigenvalue weighted by Gasteiger charge is 2.03. The topological polar surface area (TPSA) is 47.6 Å². The van der Waals surface area contributed by atoms with Crippen LogP contribution in [-0.4, -0.2) is 0 Å². The fourth-order valence-corrected chi connectivity index (χ4v) is 1.60. The molecule has 13 heavy (non-hydrogen) atoms. The fraction of sp³-hybridized carbons (Fsp3) is 0.200. The zero-order valence-electron chi connectivity index (χ0n) is 7.12. The van der Waals surface area contributed by atoms with Gasteiger partial charge in [-0.2, -0.15) is 10.5 Å². The Bertz CT molecular complexity index is 385. The molecule has 0 spiro atoms. The smallest absolute Gasteiger partial charge is 0.0670 e. The van der Waals surface area contributed by atoms with Gasteiger partial charge in [-0.1, -0.05) is 18.2 Å². The number of nitriles is 2. The van der Waals surface area contributed by atoms with E-state index in [9.17, 15) is 0 Å². The van der Waals surface area contributed by atoms with Crippen LogP contribution in [0.5, 0.6) is 0 Å². The third kappa shape index (κ3) is 2.28. The summed E-state index contributed by atoms with van der Waals surface area (Å²) >= 11 is 0. The molecule has 1 atom stereocenters. The van der Waals surface area contributed by atoms with Gasteiger partial charge in [0.1, 0.15) is 0 Å². The second kappa shape index (κ2) is 4.61. The van der Waals surface area contributed by atoms with Crippen LogP contribution >= 0.6 is 9.24 Å². The van der Waals surface area contributed by atoms with Crippen molar-refractivity contribution in [2.75, 3.05) is 0 Å². The molecule has 0 radical (unpaired) electrons. The molecule has 2 nitrogen and oxygen atoms in total. The zero-order chi connectivity index (χ0) is 9.68. The van der Waals surface area contributed by atoms with E-state index in [0.29, 0.717) is 12.8 Å². The SMILES string of the molecule is N#CCc1cccc(P)c1CC#N. The standard InChI is InChI=1S/C10H9N2P/c11-6-4-8-2-1-3-10(13)9(8)5-7-12/h1-3H,4-5,13H2. The molecule has 0 heterocycles. The minimum absolute atomic E-state index is 0.372. The summed E-state index contributed by atoms with van der Waals surface area (Å²) in [5.41, 5.74) is 1.92. The van der Waals surface area contributed by atoms with Crippen LogP contribution in [0.4, 0.5) is 0 Å². The molecule has 0 bridgehead atoms. The van der Waals surface area contributed by atoms with Crippen molar-refractivity contribution in [1.82, 2.24) is 0 Å². The maximum Gasteiger partial charge on any atom is 0.0670 e. The van der Waals surface area contributed by atoms with Crippen LogP contribution in [0, 0.1) is 22.7 Å². The summed E-state index contributed by atoms with van der Waals surface area (Å²) in [6.07, 6.45) is 0.746.